The minimum atomic E-state index is -0.0476. The molecular formula is C15H18ClN3O3. The second-order valence-corrected chi connectivity index (χ2v) is 5.08. The molecule has 0 unspecified atom stereocenters. The van der Waals surface area contributed by atoms with Crippen molar-refractivity contribution in [3.05, 3.63) is 35.2 Å². The Bertz CT molecular complexity index is 616. The Hall–Kier alpha value is -1.92. The number of amides is 1. The first-order chi connectivity index (χ1) is 10.7. The molecule has 6 nitrogen and oxygen atoms in total. The van der Waals surface area contributed by atoms with E-state index in [0.717, 1.165) is 6.42 Å². The summed E-state index contributed by atoms with van der Waals surface area (Å²) in [6.45, 7) is 1.23. The first kappa shape index (κ1) is 16.5. The zero-order valence-corrected chi connectivity index (χ0v) is 13.1. The highest BCUT2D eigenvalue weighted by Crippen LogP contribution is 2.26. The number of carbonyl (C=O) groups excluding carboxylic acids is 1. The van der Waals surface area contributed by atoms with Gasteiger partial charge in [0.1, 0.15) is 0 Å². The van der Waals surface area contributed by atoms with Crippen molar-refractivity contribution in [2.24, 2.45) is 0 Å². The summed E-state index contributed by atoms with van der Waals surface area (Å²) in [5.74, 6) is 0.733. The highest BCUT2D eigenvalue weighted by Gasteiger charge is 2.12. The van der Waals surface area contributed by atoms with Crippen LogP contribution >= 0.6 is 11.6 Å². The molecular weight excluding hydrogens is 306 g/mol. The minimum absolute atomic E-state index is 0.0476. The van der Waals surface area contributed by atoms with Gasteiger partial charge in [0.2, 0.25) is 17.7 Å². The maximum absolute atomic E-state index is 11.6. The third-order valence-corrected chi connectivity index (χ3v) is 3.31. The average molecular weight is 324 g/mol. The highest BCUT2D eigenvalue weighted by atomic mass is 35.5. The van der Waals surface area contributed by atoms with Crippen LogP contribution in [0.1, 0.15) is 18.7 Å². The van der Waals surface area contributed by atoms with E-state index >= 15 is 0 Å². The second-order valence-electron chi connectivity index (χ2n) is 4.68. The predicted octanol–water partition coefficient (Wildman–Crippen LogP) is 2.48. The summed E-state index contributed by atoms with van der Waals surface area (Å²) in [6.07, 6.45) is 1.49. The molecule has 1 aromatic heterocycles. The average Bonchev–Trinajstić information content (AvgIpc) is 2.99. The molecule has 0 bridgehead atoms. The molecule has 0 aliphatic heterocycles. The summed E-state index contributed by atoms with van der Waals surface area (Å²) < 4.78 is 10.4. The highest BCUT2D eigenvalue weighted by molar-refractivity contribution is 6.33. The van der Waals surface area contributed by atoms with Crippen LogP contribution in [-0.4, -0.2) is 36.4 Å². The van der Waals surface area contributed by atoms with Crippen molar-refractivity contribution in [2.45, 2.75) is 19.3 Å². The van der Waals surface area contributed by atoms with Gasteiger partial charge in [-0.2, -0.15) is 0 Å². The van der Waals surface area contributed by atoms with Gasteiger partial charge in [-0.1, -0.05) is 23.7 Å². The van der Waals surface area contributed by atoms with Gasteiger partial charge in [0.15, 0.2) is 0 Å². The molecule has 0 radical (unpaired) electrons. The molecule has 0 saturated heterocycles. The second kappa shape index (κ2) is 8.51. The SMILES string of the molecule is COCCCNC(=O)CCc1nnc(-c2ccccc2Cl)o1. The fraction of sp³-hybridized carbons (Fsp3) is 0.400. The van der Waals surface area contributed by atoms with Crippen LogP contribution in [0.5, 0.6) is 0 Å². The summed E-state index contributed by atoms with van der Waals surface area (Å²) in [5, 5.41) is 11.3. The van der Waals surface area contributed by atoms with Gasteiger partial charge in [0.25, 0.3) is 0 Å². The van der Waals surface area contributed by atoms with Gasteiger partial charge >= 0.3 is 0 Å². The van der Waals surface area contributed by atoms with Crippen molar-refractivity contribution in [1.82, 2.24) is 15.5 Å². The Morgan fingerprint density at radius 2 is 2.18 bits per heavy atom. The lowest BCUT2D eigenvalue weighted by atomic mass is 10.2. The number of benzene rings is 1. The van der Waals surface area contributed by atoms with Crippen LogP contribution in [0.25, 0.3) is 11.5 Å². The van der Waals surface area contributed by atoms with Crippen LogP contribution in [0.4, 0.5) is 0 Å². The zero-order chi connectivity index (χ0) is 15.8. The first-order valence-corrected chi connectivity index (χ1v) is 7.41. The fourth-order valence-electron chi connectivity index (χ4n) is 1.85. The van der Waals surface area contributed by atoms with E-state index in [1.807, 2.05) is 18.2 Å². The molecule has 0 spiro atoms. The van der Waals surface area contributed by atoms with Crippen LogP contribution in [-0.2, 0) is 16.0 Å². The Balaban J connectivity index is 1.83. The van der Waals surface area contributed by atoms with E-state index in [0.29, 0.717) is 48.4 Å². The van der Waals surface area contributed by atoms with Crippen LogP contribution in [0, 0.1) is 0 Å². The number of methoxy groups -OCH3 is 1. The number of hydrogen-bond donors (Lipinski definition) is 1. The van der Waals surface area contributed by atoms with E-state index in [1.54, 1.807) is 13.2 Å². The first-order valence-electron chi connectivity index (χ1n) is 7.03. The van der Waals surface area contributed by atoms with Crippen molar-refractivity contribution in [3.63, 3.8) is 0 Å². The largest absolute Gasteiger partial charge is 0.421 e. The number of nitrogens with one attached hydrogen (secondary N) is 1. The van der Waals surface area contributed by atoms with Crippen molar-refractivity contribution in [1.29, 1.82) is 0 Å². The third-order valence-electron chi connectivity index (χ3n) is 2.98. The number of hydrogen-bond acceptors (Lipinski definition) is 5. The Kier molecular flexibility index (Phi) is 6.36. The number of carbonyl (C=O) groups is 1. The van der Waals surface area contributed by atoms with Crippen molar-refractivity contribution < 1.29 is 13.9 Å². The molecule has 1 heterocycles. The van der Waals surface area contributed by atoms with E-state index in [4.69, 9.17) is 20.8 Å². The Morgan fingerprint density at radius 1 is 1.36 bits per heavy atom. The number of halogens is 1. The molecule has 22 heavy (non-hydrogen) atoms. The van der Waals surface area contributed by atoms with Crippen LogP contribution in [0.15, 0.2) is 28.7 Å². The normalized spacial score (nSPS) is 10.6. The Labute approximate surface area is 133 Å². The lowest BCUT2D eigenvalue weighted by molar-refractivity contribution is -0.121. The molecule has 2 rings (SSSR count). The van der Waals surface area contributed by atoms with Gasteiger partial charge in [0.05, 0.1) is 10.6 Å². The molecule has 0 aliphatic carbocycles. The molecule has 118 valence electrons. The smallest absolute Gasteiger partial charge is 0.249 e. The fourth-order valence-corrected chi connectivity index (χ4v) is 2.07. The maximum atomic E-state index is 11.6. The van der Waals surface area contributed by atoms with Crippen LogP contribution in [0.2, 0.25) is 5.02 Å². The van der Waals surface area contributed by atoms with E-state index in [-0.39, 0.29) is 5.91 Å². The quantitative estimate of drug-likeness (QED) is 0.755. The lowest BCUT2D eigenvalue weighted by Crippen LogP contribution is -2.25. The summed E-state index contributed by atoms with van der Waals surface area (Å²) in [7, 11) is 1.63. The van der Waals surface area contributed by atoms with Gasteiger partial charge in [-0.15, -0.1) is 10.2 Å². The molecule has 1 amide bonds. The molecule has 2 aromatic rings. The molecule has 0 aliphatic rings. The summed E-state index contributed by atoms with van der Waals surface area (Å²) in [6, 6.07) is 7.24. The minimum Gasteiger partial charge on any atom is -0.421 e. The van der Waals surface area contributed by atoms with Crippen molar-refractivity contribution in [3.8, 4) is 11.5 Å². The molecule has 1 aromatic carbocycles. The topological polar surface area (TPSA) is 77.2 Å². The number of aromatic nitrogens is 2. The van der Waals surface area contributed by atoms with Crippen LogP contribution in [0.3, 0.4) is 0 Å². The number of nitrogens with zero attached hydrogens (tertiary/aromatic N) is 2. The molecule has 1 N–H and O–H groups in total. The standard InChI is InChI=1S/C15H18ClN3O3/c1-21-10-4-9-17-13(20)7-8-14-18-19-15(22-14)11-5-2-3-6-12(11)16/h2-3,5-6H,4,7-10H2,1H3,(H,17,20). The third kappa shape index (κ3) is 4.82. The molecule has 7 heteroatoms. The molecule has 0 atom stereocenters. The van der Waals surface area contributed by atoms with Crippen LogP contribution < -0.4 is 5.32 Å². The summed E-state index contributed by atoms with van der Waals surface area (Å²) >= 11 is 6.08. The van der Waals surface area contributed by atoms with Gasteiger partial charge < -0.3 is 14.5 Å². The van der Waals surface area contributed by atoms with E-state index in [2.05, 4.69) is 15.5 Å². The van der Waals surface area contributed by atoms with Gasteiger partial charge in [-0.05, 0) is 18.6 Å². The van der Waals surface area contributed by atoms with E-state index < -0.39 is 0 Å². The monoisotopic (exact) mass is 323 g/mol. The Morgan fingerprint density at radius 3 is 2.95 bits per heavy atom. The van der Waals surface area contributed by atoms with Crippen molar-refractivity contribution >= 4 is 17.5 Å². The van der Waals surface area contributed by atoms with E-state index in [1.165, 1.54) is 0 Å². The van der Waals surface area contributed by atoms with Crippen molar-refractivity contribution in [2.75, 3.05) is 20.3 Å². The molecule has 0 fully saturated rings. The van der Waals surface area contributed by atoms with Gasteiger partial charge in [0, 0.05) is 33.1 Å². The van der Waals surface area contributed by atoms with E-state index in [9.17, 15) is 4.79 Å². The number of aryl methyl sites for hydroxylation is 1. The summed E-state index contributed by atoms with van der Waals surface area (Å²) in [5.41, 5.74) is 0.687. The molecule has 0 saturated carbocycles. The van der Waals surface area contributed by atoms with Gasteiger partial charge in [-0.25, -0.2) is 0 Å². The lowest BCUT2D eigenvalue weighted by Gasteiger charge is -2.03. The number of rotatable bonds is 8. The maximum Gasteiger partial charge on any atom is 0.249 e. The summed E-state index contributed by atoms with van der Waals surface area (Å²) in [4.78, 5) is 11.6. The zero-order valence-electron chi connectivity index (χ0n) is 12.3. The number of ether oxygens (including phenoxy) is 1. The predicted molar refractivity (Wildman–Crippen MR) is 82.6 cm³/mol. The van der Waals surface area contributed by atoms with Gasteiger partial charge in [-0.3, -0.25) is 4.79 Å².